The molecule has 1 saturated carbocycles. The van der Waals surface area contributed by atoms with E-state index in [1.54, 1.807) is 0 Å². The van der Waals surface area contributed by atoms with Crippen LogP contribution >= 0.6 is 0 Å². The molecule has 0 aliphatic heterocycles. The van der Waals surface area contributed by atoms with Gasteiger partial charge in [-0.25, -0.2) is 9.59 Å². The van der Waals surface area contributed by atoms with Crippen LogP contribution < -0.4 is 10.6 Å². The minimum Gasteiger partial charge on any atom is -0.480 e. The van der Waals surface area contributed by atoms with Crippen molar-refractivity contribution in [3.8, 4) is 0 Å². The fraction of sp³-hybridized carbons (Fsp3) is 0.429. The maximum atomic E-state index is 11.8. The molecule has 0 radical (unpaired) electrons. The minimum absolute atomic E-state index is 0.397. The van der Waals surface area contributed by atoms with Gasteiger partial charge in [0, 0.05) is 6.54 Å². The Balaban J connectivity index is 1.89. The zero-order valence-corrected chi connectivity index (χ0v) is 10.9. The highest BCUT2D eigenvalue weighted by Gasteiger charge is 2.45. The molecule has 1 fully saturated rings. The van der Waals surface area contributed by atoms with Crippen molar-refractivity contribution in [2.45, 2.75) is 38.3 Å². The maximum Gasteiger partial charge on any atom is 0.329 e. The van der Waals surface area contributed by atoms with E-state index in [-0.39, 0.29) is 0 Å². The average Bonchev–Trinajstić information content (AvgIpc) is 2.32. The first kappa shape index (κ1) is 13.4. The van der Waals surface area contributed by atoms with Crippen molar-refractivity contribution in [2.75, 3.05) is 0 Å². The number of carboxylic acid groups (broad SMARTS) is 1. The van der Waals surface area contributed by atoms with Gasteiger partial charge in [0.25, 0.3) is 0 Å². The molecule has 102 valence electrons. The average molecular weight is 262 g/mol. The van der Waals surface area contributed by atoms with Gasteiger partial charge in [-0.1, -0.05) is 24.3 Å². The number of carboxylic acids is 1. The predicted octanol–water partition coefficient (Wildman–Crippen LogP) is 1.80. The lowest BCUT2D eigenvalue weighted by Crippen LogP contribution is -2.61. The monoisotopic (exact) mass is 262 g/mol. The highest BCUT2D eigenvalue weighted by molar-refractivity contribution is 5.87. The number of rotatable bonds is 4. The van der Waals surface area contributed by atoms with Crippen molar-refractivity contribution in [1.29, 1.82) is 0 Å². The van der Waals surface area contributed by atoms with E-state index >= 15 is 0 Å². The summed E-state index contributed by atoms with van der Waals surface area (Å²) in [5, 5.41) is 14.4. The number of carbonyl (C=O) groups excluding carboxylic acids is 1. The molecule has 0 saturated heterocycles. The first-order valence-corrected chi connectivity index (χ1v) is 6.37. The van der Waals surface area contributed by atoms with Gasteiger partial charge in [-0.2, -0.15) is 0 Å². The van der Waals surface area contributed by atoms with Gasteiger partial charge in [0.1, 0.15) is 5.54 Å². The molecule has 19 heavy (non-hydrogen) atoms. The fourth-order valence-electron chi connectivity index (χ4n) is 2.17. The number of hydrogen-bond acceptors (Lipinski definition) is 2. The molecular formula is C14H18N2O3. The van der Waals surface area contributed by atoms with Crippen LogP contribution in [0.1, 0.15) is 30.4 Å². The van der Waals surface area contributed by atoms with Gasteiger partial charge in [0.05, 0.1) is 0 Å². The van der Waals surface area contributed by atoms with Crippen LogP contribution in [0, 0.1) is 6.92 Å². The van der Waals surface area contributed by atoms with E-state index in [1.165, 1.54) is 0 Å². The number of benzene rings is 1. The topological polar surface area (TPSA) is 78.4 Å². The number of urea groups is 1. The summed E-state index contributed by atoms with van der Waals surface area (Å²) in [4.78, 5) is 22.9. The lowest BCUT2D eigenvalue weighted by molar-refractivity contribution is -0.148. The Kier molecular flexibility index (Phi) is 3.74. The standard InChI is InChI=1S/C14H18N2O3/c1-10-5-2-3-6-11(10)9-15-13(19)16-14(12(17)18)7-4-8-14/h2-3,5-6H,4,7-9H2,1H3,(H,17,18)(H2,15,16,19). The van der Waals surface area contributed by atoms with Crippen LogP contribution in [0.15, 0.2) is 24.3 Å². The summed E-state index contributed by atoms with van der Waals surface area (Å²) in [7, 11) is 0. The van der Waals surface area contributed by atoms with Crippen molar-refractivity contribution < 1.29 is 14.7 Å². The van der Waals surface area contributed by atoms with Gasteiger partial charge in [-0.05, 0) is 37.3 Å². The number of aryl methyl sites for hydroxylation is 1. The van der Waals surface area contributed by atoms with Gasteiger partial charge >= 0.3 is 12.0 Å². The maximum absolute atomic E-state index is 11.8. The van der Waals surface area contributed by atoms with Crippen molar-refractivity contribution in [3.63, 3.8) is 0 Å². The molecule has 5 nitrogen and oxygen atoms in total. The predicted molar refractivity (Wildman–Crippen MR) is 70.8 cm³/mol. The number of hydrogen-bond donors (Lipinski definition) is 3. The van der Waals surface area contributed by atoms with Crippen LogP contribution in [-0.2, 0) is 11.3 Å². The molecule has 2 amide bonds. The molecule has 0 bridgehead atoms. The Hall–Kier alpha value is -2.04. The normalized spacial score (nSPS) is 16.3. The smallest absolute Gasteiger partial charge is 0.329 e. The Morgan fingerprint density at radius 2 is 2.00 bits per heavy atom. The molecule has 0 heterocycles. The van der Waals surface area contributed by atoms with Crippen LogP contribution in [0.2, 0.25) is 0 Å². The van der Waals surface area contributed by atoms with E-state index in [9.17, 15) is 9.59 Å². The number of carbonyl (C=O) groups is 2. The summed E-state index contributed by atoms with van der Waals surface area (Å²) in [6, 6.07) is 7.33. The quantitative estimate of drug-likeness (QED) is 0.774. The summed E-state index contributed by atoms with van der Waals surface area (Å²) < 4.78 is 0. The molecular weight excluding hydrogens is 244 g/mol. The lowest BCUT2D eigenvalue weighted by Gasteiger charge is -2.38. The second-order valence-corrected chi connectivity index (χ2v) is 4.97. The van der Waals surface area contributed by atoms with E-state index in [2.05, 4.69) is 10.6 Å². The largest absolute Gasteiger partial charge is 0.480 e. The molecule has 1 aliphatic rings. The van der Waals surface area contributed by atoms with E-state index in [0.29, 0.717) is 19.4 Å². The third kappa shape index (κ3) is 2.86. The Labute approximate surface area is 112 Å². The second-order valence-electron chi connectivity index (χ2n) is 4.97. The summed E-state index contributed by atoms with van der Waals surface area (Å²) in [6.07, 6.45) is 1.84. The van der Waals surface area contributed by atoms with E-state index < -0.39 is 17.5 Å². The van der Waals surface area contributed by atoms with E-state index in [4.69, 9.17) is 5.11 Å². The van der Waals surface area contributed by atoms with Gasteiger partial charge in [-0.3, -0.25) is 0 Å². The Morgan fingerprint density at radius 1 is 1.32 bits per heavy atom. The molecule has 1 aliphatic carbocycles. The van der Waals surface area contributed by atoms with Crippen LogP contribution in [0.25, 0.3) is 0 Å². The summed E-state index contributed by atoms with van der Waals surface area (Å²) in [5.74, 6) is -0.954. The second kappa shape index (κ2) is 5.30. The van der Waals surface area contributed by atoms with Gasteiger partial charge in [0.15, 0.2) is 0 Å². The third-order valence-electron chi connectivity index (χ3n) is 3.67. The Morgan fingerprint density at radius 3 is 2.53 bits per heavy atom. The Bertz CT molecular complexity index is 495. The van der Waals surface area contributed by atoms with Crippen LogP contribution in [0.4, 0.5) is 4.79 Å². The highest BCUT2D eigenvalue weighted by atomic mass is 16.4. The molecule has 0 spiro atoms. The number of amides is 2. The number of nitrogens with one attached hydrogen (secondary N) is 2. The molecule has 0 atom stereocenters. The highest BCUT2D eigenvalue weighted by Crippen LogP contribution is 2.31. The van der Waals surface area contributed by atoms with Gasteiger partial charge in [-0.15, -0.1) is 0 Å². The van der Waals surface area contributed by atoms with Gasteiger partial charge in [0.2, 0.25) is 0 Å². The van der Waals surface area contributed by atoms with Crippen molar-refractivity contribution in [1.82, 2.24) is 10.6 Å². The van der Waals surface area contributed by atoms with E-state index in [1.807, 2.05) is 31.2 Å². The molecule has 0 aromatic heterocycles. The summed E-state index contributed by atoms with van der Waals surface area (Å²) >= 11 is 0. The molecule has 2 rings (SSSR count). The molecule has 0 unspecified atom stereocenters. The molecule has 5 heteroatoms. The first-order valence-electron chi connectivity index (χ1n) is 6.37. The third-order valence-corrected chi connectivity index (χ3v) is 3.67. The van der Waals surface area contributed by atoms with E-state index in [0.717, 1.165) is 17.5 Å². The lowest BCUT2D eigenvalue weighted by atomic mass is 9.77. The molecule has 3 N–H and O–H groups in total. The summed E-state index contributed by atoms with van der Waals surface area (Å²) in [6.45, 7) is 2.37. The molecule has 1 aromatic rings. The summed E-state index contributed by atoms with van der Waals surface area (Å²) in [5.41, 5.74) is 1.06. The van der Waals surface area contributed by atoms with Crippen LogP contribution in [-0.4, -0.2) is 22.6 Å². The van der Waals surface area contributed by atoms with Crippen LogP contribution in [0.5, 0.6) is 0 Å². The van der Waals surface area contributed by atoms with Crippen molar-refractivity contribution >= 4 is 12.0 Å². The van der Waals surface area contributed by atoms with Crippen LogP contribution in [0.3, 0.4) is 0 Å². The first-order chi connectivity index (χ1) is 9.03. The minimum atomic E-state index is -1.06. The SMILES string of the molecule is Cc1ccccc1CNC(=O)NC1(C(=O)O)CCC1. The van der Waals surface area contributed by atoms with Crippen molar-refractivity contribution in [2.24, 2.45) is 0 Å². The number of aliphatic carboxylic acids is 1. The zero-order valence-electron chi connectivity index (χ0n) is 10.9. The molecule has 1 aromatic carbocycles. The van der Waals surface area contributed by atoms with Crippen molar-refractivity contribution in [3.05, 3.63) is 35.4 Å². The fourth-order valence-corrected chi connectivity index (χ4v) is 2.17. The van der Waals surface area contributed by atoms with Gasteiger partial charge < -0.3 is 15.7 Å². The zero-order chi connectivity index (χ0) is 13.9.